The topological polar surface area (TPSA) is 82.0 Å². The summed E-state index contributed by atoms with van der Waals surface area (Å²) in [5.41, 5.74) is 9.40. The van der Waals surface area contributed by atoms with E-state index in [-0.39, 0.29) is 29.4 Å². The van der Waals surface area contributed by atoms with Crippen LogP contribution in [0.5, 0.6) is 0 Å². The van der Waals surface area contributed by atoms with E-state index in [0.717, 1.165) is 16.5 Å². The summed E-state index contributed by atoms with van der Waals surface area (Å²) in [6, 6.07) is 9.98. The van der Waals surface area contributed by atoms with Crippen molar-refractivity contribution in [3.63, 3.8) is 0 Å². The van der Waals surface area contributed by atoms with Gasteiger partial charge in [-0.15, -0.1) is 12.4 Å². The van der Waals surface area contributed by atoms with Gasteiger partial charge in [0.25, 0.3) is 5.91 Å². The van der Waals surface area contributed by atoms with Crippen molar-refractivity contribution in [1.29, 1.82) is 0 Å². The van der Waals surface area contributed by atoms with Crippen LogP contribution in [0.2, 0.25) is 5.02 Å². The number of hydrogen-bond acceptors (Lipinski definition) is 4. The van der Waals surface area contributed by atoms with E-state index < -0.39 is 5.82 Å². The van der Waals surface area contributed by atoms with Crippen LogP contribution in [0.1, 0.15) is 23.5 Å². The Kier molecular flexibility index (Phi) is 5.15. The normalized spacial score (nSPS) is 15.8. The second-order valence-electron chi connectivity index (χ2n) is 7.46. The number of nitrogen functional groups attached to an aromatic ring is 1. The zero-order valence-corrected chi connectivity index (χ0v) is 18.3. The smallest absolute Gasteiger partial charge is 0.277 e. The van der Waals surface area contributed by atoms with E-state index in [9.17, 15) is 9.18 Å². The lowest BCUT2D eigenvalue weighted by Crippen LogP contribution is -2.42. The van der Waals surface area contributed by atoms with Crippen molar-refractivity contribution in [3.05, 3.63) is 59.1 Å². The van der Waals surface area contributed by atoms with Gasteiger partial charge >= 0.3 is 0 Å². The van der Waals surface area contributed by atoms with Crippen molar-refractivity contribution in [2.45, 2.75) is 13.0 Å². The molecule has 1 amide bonds. The lowest BCUT2D eigenvalue weighted by Gasteiger charge is -2.32. The predicted octanol–water partition coefficient (Wildman–Crippen LogP) is 4.45. The number of nitrogens with two attached hydrogens (primary N) is 1. The Morgan fingerprint density at radius 3 is 2.74 bits per heavy atom. The Bertz CT molecular complexity index is 1330. The molecule has 2 N–H and O–H groups in total. The Labute approximate surface area is 188 Å². The zero-order valence-electron chi connectivity index (χ0n) is 16.7. The van der Waals surface area contributed by atoms with Gasteiger partial charge in [-0.05, 0) is 42.8 Å². The molecule has 2 aromatic carbocycles. The van der Waals surface area contributed by atoms with Crippen LogP contribution in [-0.2, 0) is 7.05 Å². The number of nitrogens with zero attached hydrogens (tertiary/aromatic N) is 5. The van der Waals surface area contributed by atoms with Crippen LogP contribution in [0.25, 0.3) is 22.0 Å². The molecule has 0 aliphatic carbocycles. The first kappa shape index (κ1) is 21.1. The van der Waals surface area contributed by atoms with Crippen LogP contribution in [0, 0.1) is 5.82 Å². The summed E-state index contributed by atoms with van der Waals surface area (Å²) in [4.78, 5) is 15.0. The number of aryl methyl sites for hydroxylation is 1. The van der Waals surface area contributed by atoms with E-state index >= 15 is 0 Å². The number of fused-ring (bicyclic) bond motifs is 2. The van der Waals surface area contributed by atoms with Crippen molar-refractivity contribution in [3.8, 4) is 11.1 Å². The van der Waals surface area contributed by atoms with E-state index in [0.29, 0.717) is 29.3 Å². The van der Waals surface area contributed by atoms with Crippen molar-refractivity contribution in [2.75, 3.05) is 17.2 Å². The van der Waals surface area contributed by atoms with Crippen LogP contribution in [0.4, 0.5) is 15.9 Å². The molecular weight excluding hydrogens is 442 g/mol. The largest absolute Gasteiger partial charge is 0.382 e. The summed E-state index contributed by atoms with van der Waals surface area (Å²) < 4.78 is 17.1. The lowest BCUT2D eigenvalue weighted by atomic mass is 10.0. The fourth-order valence-corrected chi connectivity index (χ4v) is 4.18. The van der Waals surface area contributed by atoms with E-state index in [1.54, 1.807) is 26.5 Å². The molecule has 2 aromatic heterocycles. The SMILES string of the molecule is C[C@H]1CN(c2ccc(F)c(Cl)c2)C(=O)c2c(-c3ccc4c(N)nn(C)c4c3)cnn21.Cl. The number of amides is 1. The minimum Gasteiger partial charge on any atom is -0.382 e. The molecule has 0 bridgehead atoms. The fraction of sp³-hybridized carbons (Fsp3) is 0.190. The summed E-state index contributed by atoms with van der Waals surface area (Å²) in [6.07, 6.45) is 1.70. The van der Waals surface area contributed by atoms with Gasteiger partial charge in [0.2, 0.25) is 0 Å². The maximum atomic E-state index is 13.6. The Hall–Kier alpha value is -3.10. The molecule has 10 heteroatoms. The van der Waals surface area contributed by atoms with Gasteiger partial charge in [0.05, 0.1) is 22.8 Å². The van der Waals surface area contributed by atoms with Crippen molar-refractivity contribution in [1.82, 2.24) is 19.6 Å². The number of halogens is 3. The number of rotatable bonds is 2. The molecule has 4 aromatic rings. The van der Waals surface area contributed by atoms with Crippen molar-refractivity contribution in [2.24, 2.45) is 7.05 Å². The number of carbonyl (C=O) groups is 1. The maximum Gasteiger partial charge on any atom is 0.277 e. The molecular formula is C21H19Cl2FN6O. The van der Waals surface area contributed by atoms with Crippen molar-refractivity contribution < 1.29 is 9.18 Å². The molecule has 3 heterocycles. The second kappa shape index (κ2) is 7.55. The highest BCUT2D eigenvalue weighted by Gasteiger charge is 2.34. The van der Waals surface area contributed by atoms with Crippen LogP contribution in [0.15, 0.2) is 42.6 Å². The third kappa shape index (κ3) is 3.23. The predicted molar refractivity (Wildman–Crippen MR) is 121 cm³/mol. The first-order chi connectivity index (χ1) is 14.3. The Morgan fingerprint density at radius 1 is 1.23 bits per heavy atom. The molecule has 0 spiro atoms. The van der Waals surface area contributed by atoms with E-state index in [1.807, 2.05) is 32.2 Å². The van der Waals surface area contributed by atoms with Gasteiger partial charge in [-0.25, -0.2) is 4.39 Å². The van der Waals surface area contributed by atoms with Gasteiger partial charge in [-0.1, -0.05) is 17.7 Å². The molecule has 1 aliphatic rings. The van der Waals surface area contributed by atoms with Gasteiger partial charge in [0.15, 0.2) is 5.82 Å². The Balaban J connectivity index is 0.00000231. The van der Waals surface area contributed by atoms with Crippen LogP contribution in [0.3, 0.4) is 0 Å². The molecule has 0 saturated heterocycles. The van der Waals surface area contributed by atoms with Crippen LogP contribution < -0.4 is 10.6 Å². The molecule has 160 valence electrons. The van der Waals surface area contributed by atoms with E-state index in [1.165, 1.54) is 12.1 Å². The molecule has 0 saturated carbocycles. The van der Waals surface area contributed by atoms with E-state index in [2.05, 4.69) is 10.2 Å². The fourth-order valence-electron chi connectivity index (χ4n) is 4.00. The molecule has 5 rings (SSSR count). The van der Waals surface area contributed by atoms with Crippen LogP contribution in [-0.4, -0.2) is 32.0 Å². The summed E-state index contributed by atoms with van der Waals surface area (Å²) in [5, 5.41) is 9.55. The first-order valence-electron chi connectivity index (χ1n) is 9.42. The van der Waals surface area contributed by atoms with Gasteiger partial charge in [0, 0.05) is 30.2 Å². The molecule has 1 atom stereocenters. The average molecular weight is 461 g/mol. The van der Waals surface area contributed by atoms with Gasteiger partial charge in [-0.3, -0.25) is 14.2 Å². The molecule has 31 heavy (non-hydrogen) atoms. The number of aromatic nitrogens is 4. The quantitative estimate of drug-likeness (QED) is 0.478. The molecule has 0 radical (unpaired) electrons. The van der Waals surface area contributed by atoms with Gasteiger partial charge in [0.1, 0.15) is 11.5 Å². The maximum absolute atomic E-state index is 13.6. The standard InChI is InChI=1S/C21H18ClFN6O.ClH/c1-11-10-28(13-4-6-17(23)16(22)8-13)21(30)19-15(9-25-29(11)19)12-3-5-14-18(7-12)27(2)26-20(14)24;/h3-9,11H,10H2,1-2H3,(H2,24,26);1H/t11-;/m0./s1. The minimum atomic E-state index is -0.521. The van der Waals surface area contributed by atoms with Crippen LogP contribution >= 0.6 is 24.0 Å². The number of carbonyl (C=O) groups excluding carboxylic acids is 1. The van der Waals surface area contributed by atoms with E-state index in [4.69, 9.17) is 17.3 Å². The third-order valence-corrected chi connectivity index (χ3v) is 5.80. The third-order valence-electron chi connectivity index (χ3n) is 5.51. The number of anilines is 2. The summed E-state index contributed by atoms with van der Waals surface area (Å²) in [6.45, 7) is 2.39. The highest BCUT2D eigenvalue weighted by atomic mass is 35.5. The summed E-state index contributed by atoms with van der Waals surface area (Å²) in [5.74, 6) is -0.277. The van der Waals surface area contributed by atoms with Crippen molar-refractivity contribution >= 4 is 52.3 Å². The highest BCUT2D eigenvalue weighted by Crippen LogP contribution is 2.35. The molecule has 0 fully saturated rings. The Morgan fingerprint density at radius 2 is 2.00 bits per heavy atom. The van der Waals surface area contributed by atoms with Gasteiger partial charge in [-0.2, -0.15) is 10.2 Å². The number of hydrogen-bond donors (Lipinski definition) is 1. The highest BCUT2D eigenvalue weighted by molar-refractivity contribution is 6.31. The molecule has 1 aliphatic heterocycles. The molecule has 0 unspecified atom stereocenters. The monoisotopic (exact) mass is 460 g/mol. The lowest BCUT2D eigenvalue weighted by molar-refractivity contribution is 0.0954. The first-order valence-corrected chi connectivity index (χ1v) is 9.80. The summed E-state index contributed by atoms with van der Waals surface area (Å²) >= 11 is 5.95. The average Bonchev–Trinajstić information content (AvgIpc) is 3.29. The molecule has 7 nitrogen and oxygen atoms in total. The van der Waals surface area contributed by atoms with Gasteiger partial charge < -0.3 is 10.6 Å². The summed E-state index contributed by atoms with van der Waals surface area (Å²) in [7, 11) is 1.82. The number of benzene rings is 2. The minimum absolute atomic E-state index is 0. The second-order valence-corrected chi connectivity index (χ2v) is 7.86. The zero-order chi connectivity index (χ0) is 21.2.